The van der Waals surface area contributed by atoms with Crippen LogP contribution in [0.3, 0.4) is 0 Å². The van der Waals surface area contributed by atoms with E-state index in [4.69, 9.17) is 14.2 Å². The summed E-state index contributed by atoms with van der Waals surface area (Å²) in [4.78, 5) is 26.5. The lowest BCUT2D eigenvalue weighted by molar-refractivity contribution is -0.145. The standard InChI is InChI=1S/C20H29N5O5/c1-5-24(13-18(26)21-15-9-8-10-16(11-15)28-4)20(27)17-12-25(23-22-17)14-19(29-6-2)30-7-3/h8-12,19H,5-7,13-14H2,1-4H3,(H,21,26). The van der Waals surface area contributed by atoms with Gasteiger partial charge in [-0.25, -0.2) is 4.68 Å². The summed E-state index contributed by atoms with van der Waals surface area (Å²) >= 11 is 0. The van der Waals surface area contributed by atoms with E-state index in [1.54, 1.807) is 38.3 Å². The van der Waals surface area contributed by atoms with E-state index in [9.17, 15) is 9.59 Å². The Labute approximate surface area is 176 Å². The van der Waals surface area contributed by atoms with E-state index < -0.39 is 6.29 Å². The van der Waals surface area contributed by atoms with Gasteiger partial charge in [0.2, 0.25) is 5.91 Å². The highest BCUT2D eigenvalue weighted by Gasteiger charge is 2.21. The Hall–Kier alpha value is -2.98. The second-order valence-electron chi connectivity index (χ2n) is 6.27. The molecule has 2 aromatic rings. The van der Waals surface area contributed by atoms with Crippen LogP contribution in [0.4, 0.5) is 5.69 Å². The number of hydrogen-bond acceptors (Lipinski definition) is 7. The molecule has 164 valence electrons. The SMILES string of the molecule is CCOC(Cn1cc(C(=O)N(CC)CC(=O)Nc2cccc(OC)c2)nn1)OCC. The summed E-state index contributed by atoms with van der Waals surface area (Å²) in [7, 11) is 1.55. The van der Waals surface area contributed by atoms with E-state index in [0.717, 1.165) is 0 Å². The van der Waals surface area contributed by atoms with Crippen LogP contribution >= 0.6 is 0 Å². The summed E-state index contributed by atoms with van der Waals surface area (Å²) < 4.78 is 17.6. The van der Waals surface area contributed by atoms with Gasteiger partial charge >= 0.3 is 0 Å². The number of likely N-dealkylation sites (N-methyl/N-ethyl adjacent to an activating group) is 1. The maximum absolute atomic E-state index is 12.8. The number of anilines is 1. The number of methoxy groups -OCH3 is 1. The number of rotatable bonds is 12. The van der Waals surface area contributed by atoms with E-state index in [2.05, 4.69) is 15.6 Å². The summed E-state index contributed by atoms with van der Waals surface area (Å²) in [5.74, 6) is -0.0715. The lowest BCUT2D eigenvalue weighted by Gasteiger charge is -2.19. The van der Waals surface area contributed by atoms with Crippen LogP contribution in [0.5, 0.6) is 5.75 Å². The second-order valence-corrected chi connectivity index (χ2v) is 6.27. The summed E-state index contributed by atoms with van der Waals surface area (Å²) in [6, 6.07) is 7.00. The van der Waals surface area contributed by atoms with Crippen LogP contribution in [0, 0.1) is 0 Å². The Morgan fingerprint density at radius 2 is 1.93 bits per heavy atom. The lowest BCUT2D eigenvalue weighted by Crippen LogP contribution is -2.38. The molecule has 0 aliphatic carbocycles. The van der Waals surface area contributed by atoms with Gasteiger partial charge in [0.05, 0.1) is 19.9 Å². The van der Waals surface area contributed by atoms with Crippen LogP contribution in [0.1, 0.15) is 31.3 Å². The fourth-order valence-corrected chi connectivity index (χ4v) is 2.73. The highest BCUT2D eigenvalue weighted by Crippen LogP contribution is 2.16. The van der Waals surface area contributed by atoms with Crippen LogP contribution < -0.4 is 10.1 Å². The molecule has 1 aromatic carbocycles. The van der Waals surface area contributed by atoms with Crippen molar-refractivity contribution in [2.24, 2.45) is 0 Å². The zero-order chi connectivity index (χ0) is 21.9. The zero-order valence-corrected chi connectivity index (χ0v) is 17.8. The molecule has 1 N–H and O–H groups in total. The molecule has 2 rings (SSSR count). The third-order valence-corrected chi connectivity index (χ3v) is 4.16. The third-order valence-electron chi connectivity index (χ3n) is 4.16. The van der Waals surface area contributed by atoms with Gasteiger partial charge in [0.1, 0.15) is 12.3 Å². The first-order valence-corrected chi connectivity index (χ1v) is 9.87. The third kappa shape index (κ3) is 6.82. The van der Waals surface area contributed by atoms with Crippen LogP contribution in [0.15, 0.2) is 30.5 Å². The van der Waals surface area contributed by atoms with E-state index >= 15 is 0 Å². The zero-order valence-electron chi connectivity index (χ0n) is 17.8. The van der Waals surface area contributed by atoms with Crippen LogP contribution in [-0.2, 0) is 20.8 Å². The predicted octanol–water partition coefficient (Wildman–Crippen LogP) is 1.79. The minimum atomic E-state index is -0.472. The Morgan fingerprint density at radius 1 is 1.20 bits per heavy atom. The Bertz CT molecular complexity index is 819. The monoisotopic (exact) mass is 419 g/mol. The quantitative estimate of drug-likeness (QED) is 0.523. The molecule has 10 heteroatoms. The molecule has 0 atom stereocenters. The molecule has 30 heavy (non-hydrogen) atoms. The Morgan fingerprint density at radius 3 is 2.57 bits per heavy atom. The van der Waals surface area contributed by atoms with Gasteiger partial charge in [-0.2, -0.15) is 0 Å². The molecule has 0 saturated heterocycles. The average Bonchev–Trinajstić information content (AvgIpc) is 3.20. The van der Waals surface area contributed by atoms with Gasteiger partial charge in [0.25, 0.3) is 5.91 Å². The fraction of sp³-hybridized carbons (Fsp3) is 0.500. The number of nitrogens with zero attached hydrogens (tertiary/aromatic N) is 4. The number of carbonyl (C=O) groups excluding carboxylic acids is 2. The topological polar surface area (TPSA) is 108 Å². The fourth-order valence-electron chi connectivity index (χ4n) is 2.73. The molecule has 0 saturated carbocycles. The highest BCUT2D eigenvalue weighted by molar-refractivity contribution is 5.98. The smallest absolute Gasteiger partial charge is 0.276 e. The first-order valence-electron chi connectivity index (χ1n) is 9.87. The van der Waals surface area contributed by atoms with Crippen molar-refractivity contribution in [1.29, 1.82) is 0 Å². The van der Waals surface area contributed by atoms with Gasteiger partial charge in [-0.3, -0.25) is 9.59 Å². The molecule has 0 unspecified atom stereocenters. The lowest BCUT2D eigenvalue weighted by atomic mass is 10.3. The average molecular weight is 419 g/mol. The molecule has 1 heterocycles. The van der Waals surface area contributed by atoms with Crippen molar-refractivity contribution in [2.45, 2.75) is 33.6 Å². The van der Waals surface area contributed by atoms with E-state index in [1.807, 2.05) is 13.8 Å². The molecule has 0 bridgehead atoms. The van der Waals surface area contributed by atoms with Crippen molar-refractivity contribution in [3.8, 4) is 5.75 Å². The largest absolute Gasteiger partial charge is 0.497 e. The van der Waals surface area contributed by atoms with Gasteiger partial charge in [-0.15, -0.1) is 5.10 Å². The second kappa shape index (κ2) is 11.9. The summed E-state index contributed by atoms with van der Waals surface area (Å²) in [6.45, 7) is 7.08. The van der Waals surface area contributed by atoms with Gasteiger partial charge in [0.15, 0.2) is 12.0 Å². The summed E-state index contributed by atoms with van der Waals surface area (Å²) in [5.41, 5.74) is 0.740. The Balaban J connectivity index is 1.98. The molecule has 0 aliphatic heterocycles. The van der Waals surface area contributed by atoms with Crippen molar-refractivity contribution in [3.05, 3.63) is 36.2 Å². The van der Waals surface area contributed by atoms with E-state index in [-0.39, 0.29) is 24.1 Å². The molecule has 0 fully saturated rings. The number of aromatic nitrogens is 3. The van der Waals surface area contributed by atoms with E-state index in [1.165, 1.54) is 15.8 Å². The van der Waals surface area contributed by atoms with Crippen LogP contribution in [-0.4, -0.2) is 71.4 Å². The molecule has 0 aliphatic rings. The van der Waals surface area contributed by atoms with Gasteiger partial charge in [0, 0.05) is 31.5 Å². The maximum atomic E-state index is 12.8. The number of amides is 2. The number of hydrogen-bond donors (Lipinski definition) is 1. The molecule has 2 amide bonds. The molecular formula is C20H29N5O5. The molecule has 1 aromatic heterocycles. The molecule has 0 spiro atoms. The van der Waals surface area contributed by atoms with Crippen molar-refractivity contribution >= 4 is 17.5 Å². The molecule has 10 nitrogen and oxygen atoms in total. The molecular weight excluding hydrogens is 390 g/mol. The van der Waals surface area contributed by atoms with Crippen molar-refractivity contribution in [3.63, 3.8) is 0 Å². The number of nitrogens with one attached hydrogen (secondary N) is 1. The van der Waals surface area contributed by atoms with Gasteiger partial charge in [-0.05, 0) is 32.9 Å². The number of benzene rings is 1. The minimum absolute atomic E-state index is 0.111. The van der Waals surface area contributed by atoms with Crippen molar-refractivity contribution in [1.82, 2.24) is 19.9 Å². The first-order chi connectivity index (χ1) is 14.5. The van der Waals surface area contributed by atoms with Crippen LogP contribution in [0.25, 0.3) is 0 Å². The summed E-state index contributed by atoms with van der Waals surface area (Å²) in [6.07, 6.45) is 1.05. The normalized spacial score (nSPS) is 10.8. The van der Waals surface area contributed by atoms with Crippen molar-refractivity contribution in [2.75, 3.05) is 38.7 Å². The maximum Gasteiger partial charge on any atom is 0.276 e. The predicted molar refractivity (Wildman–Crippen MR) is 110 cm³/mol. The molecule has 0 radical (unpaired) electrons. The number of carbonyl (C=O) groups is 2. The minimum Gasteiger partial charge on any atom is -0.497 e. The van der Waals surface area contributed by atoms with E-state index in [0.29, 0.717) is 37.7 Å². The highest BCUT2D eigenvalue weighted by atomic mass is 16.7. The number of ether oxygens (including phenoxy) is 3. The van der Waals surface area contributed by atoms with Gasteiger partial charge < -0.3 is 24.4 Å². The first kappa shape index (κ1) is 23.3. The van der Waals surface area contributed by atoms with Crippen molar-refractivity contribution < 1.29 is 23.8 Å². The summed E-state index contributed by atoms with van der Waals surface area (Å²) in [5, 5.41) is 10.7. The van der Waals surface area contributed by atoms with Crippen LogP contribution in [0.2, 0.25) is 0 Å². The Kier molecular flexibility index (Phi) is 9.23. The van der Waals surface area contributed by atoms with Gasteiger partial charge in [-0.1, -0.05) is 11.3 Å².